The van der Waals surface area contributed by atoms with Gasteiger partial charge >= 0.3 is 0 Å². The van der Waals surface area contributed by atoms with Gasteiger partial charge in [0.05, 0.1) is 35.4 Å². The Morgan fingerprint density at radius 3 is 2.72 bits per heavy atom. The van der Waals surface area contributed by atoms with Crippen molar-refractivity contribution in [1.82, 2.24) is 5.32 Å². The van der Waals surface area contributed by atoms with Crippen LogP contribution >= 0.6 is 11.6 Å². The average molecular weight is 460 g/mol. The molecule has 1 atom stereocenters. The number of hydrogen-bond donors (Lipinski definition) is 2. The van der Waals surface area contributed by atoms with E-state index in [1.165, 1.54) is 6.07 Å². The average Bonchev–Trinajstić information content (AvgIpc) is 3.16. The van der Waals surface area contributed by atoms with Crippen LogP contribution in [0.15, 0.2) is 42.5 Å². The summed E-state index contributed by atoms with van der Waals surface area (Å²) in [6.45, 7) is 3.36. The molecule has 2 aromatic rings. The summed E-state index contributed by atoms with van der Waals surface area (Å²) < 4.78 is 10.5. The number of benzene rings is 2. The Morgan fingerprint density at radius 2 is 2.00 bits per heavy atom. The second-order valence-electron chi connectivity index (χ2n) is 7.24. The van der Waals surface area contributed by atoms with Crippen molar-refractivity contribution in [3.63, 3.8) is 0 Å². The lowest BCUT2D eigenvalue weighted by molar-refractivity contribution is -0.122. The van der Waals surface area contributed by atoms with E-state index in [9.17, 15) is 14.4 Å². The predicted molar refractivity (Wildman–Crippen MR) is 122 cm³/mol. The maximum atomic E-state index is 12.8. The number of hydrogen-bond acceptors (Lipinski definition) is 5. The van der Waals surface area contributed by atoms with Crippen LogP contribution in [0.4, 0.5) is 11.4 Å². The van der Waals surface area contributed by atoms with E-state index in [0.29, 0.717) is 42.4 Å². The van der Waals surface area contributed by atoms with Crippen LogP contribution in [0.3, 0.4) is 0 Å². The maximum absolute atomic E-state index is 12.8. The fourth-order valence-corrected chi connectivity index (χ4v) is 3.72. The highest BCUT2D eigenvalue weighted by atomic mass is 35.5. The standard InChI is InChI=1S/C23H26ClN3O5/c1-3-32-20-7-5-4-6-19(20)27-14-15(12-21(27)28)22(29)26-16-8-9-17(18(24)13-16)23(30)25-10-11-31-2/h4-9,13,15H,3,10-12,14H2,1-2H3,(H,25,30)(H,26,29). The summed E-state index contributed by atoms with van der Waals surface area (Å²) in [5.74, 6) is -0.667. The van der Waals surface area contributed by atoms with Crippen molar-refractivity contribution in [3.8, 4) is 5.75 Å². The number of carbonyl (C=O) groups excluding carboxylic acids is 3. The van der Waals surface area contributed by atoms with Crippen LogP contribution in [0.1, 0.15) is 23.7 Å². The number of carbonyl (C=O) groups is 3. The third-order valence-corrected chi connectivity index (χ3v) is 5.34. The van der Waals surface area contributed by atoms with E-state index < -0.39 is 5.92 Å². The number of nitrogens with zero attached hydrogens (tertiary/aromatic N) is 1. The number of amides is 3. The van der Waals surface area contributed by atoms with Crippen molar-refractivity contribution >= 4 is 40.7 Å². The Balaban J connectivity index is 1.65. The predicted octanol–water partition coefficient (Wildman–Crippen LogP) is 3.11. The normalized spacial score (nSPS) is 15.5. The molecule has 32 heavy (non-hydrogen) atoms. The molecule has 2 aromatic carbocycles. The second kappa shape index (κ2) is 11.0. The summed E-state index contributed by atoms with van der Waals surface area (Å²) >= 11 is 6.23. The monoisotopic (exact) mass is 459 g/mol. The van der Waals surface area contributed by atoms with Gasteiger partial charge < -0.3 is 25.0 Å². The summed E-state index contributed by atoms with van der Waals surface area (Å²) in [6, 6.07) is 11.9. The minimum atomic E-state index is -0.520. The Bertz CT molecular complexity index is 997. The van der Waals surface area contributed by atoms with E-state index in [1.807, 2.05) is 19.1 Å². The van der Waals surface area contributed by atoms with Gasteiger partial charge in [-0.3, -0.25) is 14.4 Å². The van der Waals surface area contributed by atoms with Crippen molar-refractivity contribution in [3.05, 3.63) is 53.1 Å². The molecule has 8 nitrogen and oxygen atoms in total. The second-order valence-corrected chi connectivity index (χ2v) is 7.65. The van der Waals surface area contributed by atoms with Crippen LogP contribution in [-0.4, -0.2) is 51.1 Å². The van der Waals surface area contributed by atoms with Gasteiger partial charge in [0.25, 0.3) is 5.91 Å². The van der Waals surface area contributed by atoms with Crippen LogP contribution in [-0.2, 0) is 14.3 Å². The molecule has 1 aliphatic rings. The first-order chi connectivity index (χ1) is 15.4. The summed E-state index contributed by atoms with van der Waals surface area (Å²) in [6.07, 6.45) is 0.0972. The fourth-order valence-electron chi connectivity index (χ4n) is 3.46. The molecule has 0 spiro atoms. The van der Waals surface area contributed by atoms with Crippen molar-refractivity contribution in [2.45, 2.75) is 13.3 Å². The molecule has 1 unspecified atom stereocenters. The van der Waals surface area contributed by atoms with Crippen LogP contribution in [0.25, 0.3) is 0 Å². The molecule has 0 aliphatic carbocycles. The molecule has 0 aromatic heterocycles. The van der Waals surface area contributed by atoms with Gasteiger partial charge in [-0.25, -0.2) is 0 Å². The number of nitrogens with one attached hydrogen (secondary N) is 2. The van der Waals surface area contributed by atoms with E-state index in [0.717, 1.165) is 0 Å². The minimum absolute atomic E-state index is 0.0972. The number of rotatable bonds is 9. The van der Waals surface area contributed by atoms with Crippen LogP contribution in [0, 0.1) is 5.92 Å². The molecule has 0 saturated carbocycles. The molecule has 1 fully saturated rings. The number of halogens is 1. The van der Waals surface area contributed by atoms with Gasteiger partial charge in [-0.15, -0.1) is 0 Å². The zero-order valence-corrected chi connectivity index (χ0v) is 18.8. The Hall–Kier alpha value is -3.10. The first-order valence-electron chi connectivity index (χ1n) is 10.3. The number of anilines is 2. The van der Waals surface area contributed by atoms with Crippen LogP contribution in [0.5, 0.6) is 5.75 Å². The van der Waals surface area contributed by atoms with Crippen molar-refractivity contribution in [1.29, 1.82) is 0 Å². The fraction of sp³-hybridized carbons (Fsp3) is 0.348. The maximum Gasteiger partial charge on any atom is 0.252 e. The highest BCUT2D eigenvalue weighted by molar-refractivity contribution is 6.34. The lowest BCUT2D eigenvalue weighted by Gasteiger charge is -2.20. The topological polar surface area (TPSA) is 97.0 Å². The third kappa shape index (κ3) is 5.57. The van der Waals surface area contributed by atoms with Gasteiger partial charge in [0.2, 0.25) is 11.8 Å². The highest BCUT2D eigenvalue weighted by Gasteiger charge is 2.36. The quantitative estimate of drug-likeness (QED) is 0.561. The lowest BCUT2D eigenvalue weighted by atomic mass is 10.1. The van der Waals surface area contributed by atoms with E-state index in [-0.39, 0.29) is 35.7 Å². The number of ether oxygens (including phenoxy) is 2. The molecule has 2 N–H and O–H groups in total. The smallest absolute Gasteiger partial charge is 0.252 e. The SMILES string of the molecule is CCOc1ccccc1N1CC(C(=O)Nc2ccc(C(=O)NCCOC)c(Cl)c2)CC1=O. The molecule has 0 bridgehead atoms. The van der Waals surface area contributed by atoms with Gasteiger partial charge in [0.15, 0.2) is 0 Å². The largest absolute Gasteiger partial charge is 0.492 e. The Kier molecular flexibility index (Phi) is 8.08. The first kappa shape index (κ1) is 23.6. The molecule has 1 saturated heterocycles. The van der Waals surface area contributed by atoms with Gasteiger partial charge in [0.1, 0.15) is 5.75 Å². The molecule has 1 heterocycles. The molecule has 3 amide bonds. The molecule has 9 heteroatoms. The van der Waals surface area contributed by atoms with E-state index >= 15 is 0 Å². The zero-order valence-electron chi connectivity index (χ0n) is 18.0. The van der Waals surface area contributed by atoms with Gasteiger partial charge in [-0.1, -0.05) is 23.7 Å². The van der Waals surface area contributed by atoms with E-state index in [2.05, 4.69) is 10.6 Å². The van der Waals surface area contributed by atoms with E-state index in [1.54, 1.807) is 36.3 Å². The zero-order chi connectivity index (χ0) is 23.1. The van der Waals surface area contributed by atoms with E-state index in [4.69, 9.17) is 21.1 Å². The number of methoxy groups -OCH3 is 1. The summed E-state index contributed by atoms with van der Waals surface area (Å²) in [4.78, 5) is 39.1. The molecular weight excluding hydrogens is 434 g/mol. The molecule has 1 aliphatic heterocycles. The van der Waals surface area contributed by atoms with Gasteiger partial charge in [-0.2, -0.15) is 0 Å². The van der Waals surface area contributed by atoms with Crippen molar-refractivity contribution in [2.24, 2.45) is 5.92 Å². The lowest BCUT2D eigenvalue weighted by Crippen LogP contribution is -2.28. The molecule has 0 radical (unpaired) electrons. The third-order valence-electron chi connectivity index (χ3n) is 5.02. The van der Waals surface area contributed by atoms with Crippen molar-refractivity contribution < 1.29 is 23.9 Å². The van der Waals surface area contributed by atoms with Crippen LogP contribution in [0.2, 0.25) is 5.02 Å². The summed E-state index contributed by atoms with van der Waals surface area (Å²) in [5.41, 5.74) is 1.41. The molecule has 170 valence electrons. The minimum Gasteiger partial charge on any atom is -0.492 e. The van der Waals surface area contributed by atoms with Gasteiger partial charge in [-0.05, 0) is 37.3 Å². The Labute approximate surface area is 191 Å². The summed E-state index contributed by atoms with van der Waals surface area (Å²) in [5, 5.41) is 5.70. The highest BCUT2D eigenvalue weighted by Crippen LogP contribution is 2.33. The molecule has 3 rings (SSSR count). The molecular formula is C23H26ClN3O5. The van der Waals surface area contributed by atoms with Crippen LogP contribution < -0.4 is 20.3 Å². The first-order valence-corrected chi connectivity index (χ1v) is 10.7. The number of para-hydroxylation sites is 2. The Morgan fingerprint density at radius 1 is 1.22 bits per heavy atom. The van der Waals surface area contributed by atoms with Crippen molar-refractivity contribution in [2.75, 3.05) is 43.6 Å². The summed E-state index contributed by atoms with van der Waals surface area (Å²) in [7, 11) is 1.55. The van der Waals surface area contributed by atoms with Gasteiger partial charge in [0, 0.05) is 32.3 Å².